The van der Waals surface area contributed by atoms with E-state index in [0.29, 0.717) is 30.4 Å². The fourth-order valence-electron chi connectivity index (χ4n) is 5.80. The van der Waals surface area contributed by atoms with Gasteiger partial charge < -0.3 is 5.11 Å². The number of halogens is 3. The topological polar surface area (TPSA) is 40.5 Å². The highest BCUT2D eigenvalue weighted by Crippen LogP contribution is 2.43. The van der Waals surface area contributed by atoms with Gasteiger partial charge >= 0.3 is 5.97 Å². The van der Waals surface area contributed by atoms with Crippen molar-refractivity contribution in [2.45, 2.75) is 39.0 Å². The largest absolute Gasteiger partial charge is 0.478 e. The molecule has 0 saturated carbocycles. The Balaban J connectivity index is 1.60. The van der Waals surface area contributed by atoms with E-state index in [0.717, 1.165) is 59.5 Å². The summed E-state index contributed by atoms with van der Waals surface area (Å²) < 4.78 is 41.0. The van der Waals surface area contributed by atoms with Crippen molar-refractivity contribution in [3.8, 4) is 0 Å². The number of nitrogens with zero attached hydrogens (tertiary/aromatic N) is 1. The van der Waals surface area contributed by atoms with Gasteiger partial charge in [0, 0.05) is 25.2 Å². The predicted octanol–water partition coefficient (Wildman–Crippen LogP) is 7.98. The lowest BCUT2D eigenvalue weighted by molar-refractivity contribution is 0.0696. The average molecular weight is 532 g/mol. The van der Waals surface area contributed by atoms with Gasteiger partial charge in [0.2, 0.25) is 0 Å². The molecule has 1 aliphatic heterocycles. The minimum atomic E-state index is -2.60. The van der Waals surface area contributed by atoms with E-state index >= 15 is 0 Å². The van der Waals surface area contributed by atoms with Gasteiger partial charge in [-0.2, -0.15) is 0 Å². The number of aryl methyl sites for hydroxylation is 2. The van der Waals surface area contributed by atoms with E-state index in [1.54, 1.807) is 31.2 Å². The number of fused-ring (bicyclic) bond motifs is 1. The third-order valence-electron chi connectivity index (χ3n) is 7.70. The van der Waals surface area contributed by atoms with E-state index in [4.69, 9.17) is 0 Å². The number of rotatable bonds is 8. The van der Waals surface area contributed by atoms with Gasteiger partial charge in [-0.25, -0.2) is 13.6 Å². The summed E-state index contributed by atoms with van der Waals surface area (Å²) in [4.78, 5) is 13.9. The molecule has 6 heteroatoms. The van der Waals surface area contributed by atoms with Crippen molar-refractivity contribution in [3.05, 3.63) is 111 Å². The Morgan fingerprint density at radius 1 is 1.03 bits per heavy atom. The number of hydrogen-bond acceptors (Lipinski definition) is 2. The molecule has 3 nitrogen and oxygen atoms in total. The summed E-state index contributed by atoms with van der Waals surface area (Å²) in [5.41, 5.74) is 8.22. The van der Waals surface area contributed by atoms with Crippen molar-refractivity contribution in [3.63, 3.8) is 0 Å². The van der Waals surface area contributed by atoms with Crippen LogP contribution in [-0.4, -0.2) is 42.3 Å². The van der Waals surface area contributed by atoms with Crippen LogP contribution >= 0.6 is 0 Å². The van der Waals surface area contributed by atoms with Gasteiger partial charge in [-0.1, -0.05) is 54.6 Å². The number of allylic oxidation sites excluding steroid dienone is 1. The summed E-state index contributed by atoms with van der Waals surface area (Å²) >= 11 is 0. The first-order valence-electron chi connectivity index (χ1n) is 13.4. The molecule has 1 heterocycles. The normalized spacial score (nSPS) is 15.7. The van der Waals surface area contributed by atoms with Crippen LogP contribution in [0.1, 0.15) is 75.0 Å². The third kappa shape index (κ3) is 5.71. The van der Waals surface area contributed by atoms with Crippen LogP contribution in [0.3, 0.4) is 0 Å². The Hall–Kier alpha value is -3.64. The number of hydrogen-bond donors (Lipinski definition) is 1. The van der Waals surface area contributed by atoms with Crippen LogP contribution in [0, 0.1) is 6.92 Å². The van der Waals surface area contributed by atoms with E-state index in [9.17, 15) is 23.1 Å². The van der Waals surface area contributed by atoms with Crippen molar-refractivity contribution in [2.24, 2.45) is 0 Å². The molecule has 0 aromatic heterocycles. The van der Waals surface area contributed by atoms with E-state index in [2.05, 4.69) is 11.0 Å². The lowest BCUT2D eigenvalue weighted by Gasteiger charge is -2.33. The second kappa shape index (κ2) is 11.6. The van der Waals surface area contributed by atoms with Gasteiger partial charge in [0.05, 0.1) is 12.2 Å². The van der Waals surface area contributed by atoms with Crippen LogP contribution in [0.4, 0.5) is 13.2 Å². The van der Waals surface area contributed by atoms with Crippen LogP contribution in [0.15, 0.2) is 66.2 Å². The monoisotopic (exact) mass is 531 g/mol. The zero-order valence-electron chi connectivity index (χ0n) is 22.0. The first-order valence-corrected chi connectivity index (χ1v) is 13.4. The summed E-state index contributed by atoms with van der Waals surface area (Å²) in [6, 6.07) is 18.6. The second-order valence-electron chi connectivity index (χ2n) is 10.4. The van der Waals surface area contributed by atoms with Crippen molar-refractivity contribution in [2.75, 3.05) is 26.3 Å². The lowest BCUT2D eigenvalue weighted by Crippen LogP contribution is -2.40. The molecular formula is C33H32F3NO2. The standard InChI is InChI=1S/C33H32F3NO2/c1-21-5-2-7-28(30(21)32(35)36)29-8-3-6-25-18-26(33(38)39)13-14-27(25)31(29)24-11-9-22(10-12-24)17-23-19-37(20-23)16-4-15-34/h2,5,7,9-14,17-18,32H,3-4,6,8,15-16,19-20H2,1H3,(H,38,39). The minimum absolute atomic E-state index is 0.0549. The van der Waals surface area contributed by atoms with Gasteiger partial charge in [-0.05, 0) is 94.8 Å². The maximum atomic E-state index is 14.3. The van der Waals surface area contributed by atoms with Crippen molar-refractivity contribution in [1.29, 1.82) is 0 Å². The smallest absolute Gasteiger partial charge is 0.335 e. The number of likely N-dealkylation sites (tertiary alicyclic amines) is 1. The van der Waals surface area contributed by atoms with Crippen molar-refractivity contribution >= 4 is 23.2 Å². The van der Waals surface area contributed by atoms with E-state index in [1.165, 1.54) is 5.57 Å². The zero-order valence-corrected chi connectivity index (χ0v) is 22.0. The number of benzene rings is 3. The van der Waals surface area contributed by atoms with Gasteiger partial charge in [-0.15, -0.1) is 0 Å². The fourth-order valence-corrected chi connectivity index (χ4v) is 5.80. The van der Waals surface area contributed by atoms with Gasteiger partial charge in [-0.3, -0.25) is 9.29 Å². The number of alkyl halides is 3. The molecule has 1 aliphatic carbocycles. The van der Waals surface area contributed by atoms with Crippen molar-refractivity contribution in [1.82, 2.24) is 4.90 Å². The SMILES string of the molecule is Cc1cccc(C2=C(c3ccc(C=C4CN(CCCF)C4)cc3)c3ccc(C(=O)O)cc3CCC2)c1C(F)F. The molecule has 1 fully saturated rings. The Kier molecular flexibility index (Phi) is 8.03. The molecular weight excluding hydrogens is 499 g/mol. The van der Waals surface area contributed by atoms with Crippen molar-refractivity contribution < 1.29 is 23.1 Å². The van der Waals surface area contributed by atoms with Gasteiger partial charge in [0.1, 0.15) is 0 Å². The Labute approximate surface area is 227 Å². The fraction of sp³-hybridized carbons (Fsp3) is 0.303. The van der Waals surface area contributed by atoms with Gasteiger partial charge in [0.25, 0.3) is 6.43 Å². The van der Waals surface area contributed by atoms with Crippen LogP contribution in [-0.2, 0) is 6.42 Å². The molecule has 5 rings (SSSR count). The molecule has 0 radical (unpaired) electrons. The summed E-state index contributed by atoms with van der Waals surface area (Å²) in [6.07, 6.45) is 2.12. The highest BCUT2D eigenvalue weighted by molar-refractivity contribution is 6.01. The molecule has 1 N–H and O–H groups in total. The van der Waals surface area contributed by atoms with Crippen LogP contribution in [0.2, 0.25) is 0 Å². The predicted molar refractivity (Wildman–Crippen MR) is 150 cm³/mol. The zero-order chi connectivity index (χ0) is 27.5. The molecule has 0 bridgehead atoms. The summed E-state index contributed by atoms with van der Waals surface area (Å²) in [5, 5.41) is 9.56. The molecule has 0 amide bonds. The molecule has 0 spiro atoms. The maximum absolute atomic E-state index is 14.3. The van der Waals surface area contributed by atoms with Gasteiger partial charge in [0.15, 0.2) is 0 Å². The maximum Gasteiger partial charge on any atom is 0.335 e. The van der Waals surface area contributed by atoms with E-state index < -0.39 is 12.4 Å². The molecule has 3 aromatic carbocycles. The third-order valence-corrected chi connectivity index (χ3v) is 7.70. The number of aromatic carboxylic acids is 1. The quantitative estimate of drug-likeness (QED) is 0.320. The van der Waals surface area contributed by atoms with Crippen LogP contribution < -0.4 is 0 Å². The molecule has 3 aromatic rings. The van der Waals surface area contributed by atoms with E-state index in [1.807, 2.05) is 36.4 Å². The Morgan fingerprint density at radius 3 is 2.49 bits per heavy atom. The Morgan fingerprint density at radius 2 is 1.79 bits per heavy atom. The molecule has 39 heavy (non-hydrogen) atoms. The van der Waals surface area contributed by atoms with Crippen LogP contribution in [0.25, 0.3) is 17.2 Å². The lowest BCUT2D eigenvalue weighted by atomic mass is 9.85. The second-order valence-corrected chi connectivity index (χ2v) is 10.4. The Bertz CT molecular complexity index is 1430. The molecule has 1 saturated heterocycles. The summed E-state index contributed by atoms with van der Waals surface area (Å²) in [6.45, 7) is 3.89. The first kappa shape index (κ1) is 26.9. The first-order chi connectivity index (χ1) is 18.9. The summed E-state index contributed by atoms with van der Waals surface area (Å²) in [5.74, 6) is -0.983. The molecule has 2 aliphatic rings. The number of carboxylic acid groups (broad SMARTS) is 1. The highest BCUT2D eigenvalue weighted by Gasteiger charge is 2.25. The summed E-state index contributed by atoms with van der Waals surface area (Å²) in [7, 11) is 0. The molecule has 0 unspecified atom stereocenters. The number of carboxylic acids is 1. The van der Waals surface area contributed by atoms with E-state index in [-0.39, 0.29) is 17.8 Å². The average Bonchev–Trinajstić information content (AvgIpc) is 3.09. The number of carbonyl (C=O) groups is 1. The minimum Gasteiger partial charge on any atom is -0.478 e. The highest BCUT2D eigenvalue weighted by atomic mass is 19.3. The molecule has 0 atom stereocenters. The van der Waals surface area contributed by atoms with Crippen LogP contribution in [0.5, 0.6) is 0 Å². The molecule has 202 valence electrons.